The standard InChI is InChI=1S/C9H16O/c1-3-4-5-9-7-6-8(2)10-9/h9H,2-7H2,1H3. The number of rotatable bonds is 3. The molecule has 0 saturated carbocycles. The smallest absolute Gasteiger partial charge is 0.0986 e. The maximum absolute atomic E-state index is 5.47. The monoisotopic (exact) mass is 140 g/mol. The lowest BCUT2D eigenvalue weighted by Gasteiger charge is -2.08. The van der Waals surface area contributed by atoms with E-state index in [9.17, 15) is 0 Å². The third-order valence-electron chi connectivity index (χ3n) is 1.96. The van der Waals surface area contributed by atoms with Crippen LogP contribution >= 0.6 is 0 Å². The molecule has 1 heteroatoms. The summed E-state index contributed by atoms with van der Waals surface area (Å²) in [6, 6.07) is 0. The highest BCUT2D eigenvalue weighted by Crippen LogP contribution is 2.24. The number of hydrogen-bond acceptors (Lipinski definition) is 1. The Labute approximate surface area is 63.1 Å². The molecule has 1 aliphatic rings. The van der Waals surface area contributed by atoms with Gasteiger partial charge in [0, 0.05) is 6.42 Å². The summed E-state index contributed by atoms with van der Waals surface area (Å²) >= 11 is 0. The molecule has 1 fully saturated rings. The first kappa shape index (κ1) is 7.64. The molecule has 0 amide bonds. The van der Waals surface area contributed by atoms with Gasteiger partial charge < -0.3 is 4.74 Å². The fourth-order valence-electron chi connectivity index (χ4n) is 1.31. The number of allylic oxidation sites excluding steroid dienone is 1. The van der Waals surface area contributed by atoms with Gasteiger partial charge in [-0.3, -0.25) is 0 Å². The molecule has 1 unspecified atom stereocenters. The summed E-state index contributed by atoms with van der Waals surface area (Å²) in [4.78, 5) is 0. The summed E-state index contributed by atoms with van der Waals surface area (Å²) < 4.78 is 5.47. The molecule has 1 nitrogen and oxygen atoms in total. The summed E-state index contributed by atoms with van der Waals surface area (Å²) in [7, 11) is 0. The van der Waals surface area contributed by atoms with E-state index in [-0.39, 0.29) is 0 Å². The Kier molecular flexibility index (Phi) is 2.79. The van der Waals surface area contributed by atoms with Crippen molar-refractivity contribution in [1.29, 1.82) is 0 Å². The SMILES string of the molecule is C=C1CCC(CCCC)O1. The largest absolute Gasteiger partial charge is 0.495 e. The Hall–Kier alpha value is -0.460. The van der Waals surface area contributed by atoms with Gasteiger partial charge in [0.15, 0.2) is 0 Å². The molecule has 1 saturated heterocycles. The van der Waals surface area contributed by atoms with Crippen LogP contribution in [-0.2, 0) is 4.74 Å². The van der Waals surface area contributed by atoms with Crippen molar-refractivity contribution in [3.05, 3.63) is 12.3 Å². The van der Waals surface area contributed by atoms with Crippen LogP contribution in [0.3, 0.4) is 0 Å². The maximum atomic E-state index is 5.47. The molecule has 0 aromatic heterocycles. The summed E-state index contributed by atoms with van der Waals surface area (Å²) in [5.74, 6) is 0.987. The van der Waals surface area contributed by atoms with Crippen molar-refractivity contribution in [3.8, 4) is 0 Å². The summed E-state index contributed by atoms with van der Waals surface area (Å²) in [5.41, 5.74) is 0. The molecule has 0 radical (unpaired) electrons. The van der Waals surface area contributed by atoms with E-state index < -0.39 is 0 Å². The van der Waals surface area contributed by atoms with Gasteiger partial charge in [-0.05, 0) is 12.8 Å². The van der Waals surface area contributed by atoms with Gasteiger partial charge in [0.1, 0.15) is 0 Å². The second-order valence-corrected chi connectivity index (χ2v) is 2.96. The second-order valence-electron chi connectivity index (χ2n) is 2.96. The average Bonchev–Trinajstić information content (AvgIpc) is 2.31. The lowest BCUT2D eigenvalue weighted by atomic mass is 10.1. The highest BCUT2D eigenvalue weighted by atomic mass is 16.5. The van der Waals surface area contributed by atoms with E-state index in [2.05, 4.69) is 13.5 Å². The van der Waals surface area contributed by atoms with Crippen LogP contribution in [0, 0.1) is 0 Å². The Morgan fingerprint density at radius 3 is 3.00 bits per heavy atom. The fourth-order valence-corrected chi connectivity index (χ4v) is 1.31. The molecule has 1 rings (SSSR count). The predicted octanol–water partition coefficient (Wildman–Crippen LogP) is 2.87. The van der Waals surface area contributed by atoms with E-state index in [0.717, 1.165) is 12.2 Å². The highest BCUT2D eigenvalue weighted by Gasteiger charge is 2.17. The summed E-state index contributed by atoms with van der Waals surface area (Å²) in [5, 5.41) is 0. The molecule has 0 aromatic carbocycles. The van der Waals surface area contributed by atoms with Gasteiger partial charge in [-0.15, -0.1) is 0 Å². The third-order valence-corrected chi connectivity index (χ3v) is 1.96. The van der Waals surface area contributed by atoms with Crippen molar-refractivity contribution in [2.24, 2.45) is 0 Å². The van der Waals surface area contributed by atoms with Crippen LogP contribution < -0.4 is 0 Å². The minimum absolute atomic E-state index is 0.493. The molecule has 0 bridgehead atoms. The van der Waals surface area contributed by atoms with Gasteiger partial charge in [0.2, 0.25) is 0 Å². The zero-order valence-corrected chi connectivity index (χ0v) is 6.73. The van der Waals surface area contributed by atoms with Gasteiger partial charge in [0.05, 0.1) is 11.9 Å². The van der Waals surface area contributed by atoms with Crippen molar-refractivity contribution >= 4 is 0 Å². The quantitative estimate of drug-likeness (QED) is 0.585. The molecular weight excluding hydrogens is 124 g/mol. The molecule has 1 atom stereocenters. The van der Waals surface area contributed by atoms with Gasteiger partial charge in [-0.25, -0.2) is 0 Å². The van der Waals surface area contributed by atoms with Crippen LogP contribution in [0.5, 0.6) is 0 Å². The van der Waals surface area contributed by atoms with Crippen molar-refractivity contribution in [1.82, 2.24) is 0 Å². The highest BCUT2D eigenvalue weighted by molar-refractivity contribution is 4.90. The van der Waals surface area contributed by atoms with E-state index in [1.165, 1.54) is 25.7 Å². The van der Waals surface area contributed by atoms with E-state index in [0.29, 0.717) is 6.10 Å². The maximum Gasteiger partial charge on any atom is 0.0986 e. The van der Waals surface area contributed by atoms with Crippen LogP contribution in [0.25, 0.3) is 0 Å². The first-order valence-electron chi connectivity index (χ1n) is 4.17. The Morgan fingerprint density at radius 2 is 2.50 bits per heavy atom. The topological polar surface area (TPSA) is 9.23 Å². The zero-order valence-electron chi connectivity index (χ0n) is 6.73. The van der Waals surface area contributed by atoms with Crippen LogP contribution in [-0.4, -0.2) is 6.10 Å². The van der Waals surface area contributed by atoms with Crippen LogP contribution in [0.1, 0.15) is 39.0 Å². The minimum atomic E-state index is 0.493. The molecule has 0 aliphatic carbocycles. The molecule has 58 valence electrons. The van der Waals surface area contributed by atoms with Gasteiger partial charge in [-0.2, -0.15) is 0 Å². The molecule has 1 heterocycles. The lowest BCUT2D eigenvalue weighted by molar-refractivity contribution is 0.150. The zero-order chi connectivity index (χ0) is 7.40. The van der Waals surface area contributed by atoms with Crippen LogP contribution in [0.15, 0.2) is 12.3 Å². The molecule has 0 aromatic rings. The van der Waals surface area contributed by atoms with E-state index in [1.54, 1.807) is 0 Å². The van der Waals surface area contributed by atoms with Crippen molar-refractivity contribution in [2.75, 3.05) is 0 Å². The predicted molar refractivity (Wildman–Crippen MR) is 42.8 cm³/mol. The fraction of sp³-hybridized carbons (Fsp3) is 0.778. The number of ether oxygens (including phenoxy) is 1. The van der Waals surface area contributed by atoms with Gasteiger partial charge in [0.25, 0.3) is 0 Å². The number of hydrogen-bond donors (Lipinski definition) is 0. The van der Waals surface area contributed by atoms with Crippen molar-refractivity contribution in [2.45, 2.75) is 45.1 Å². The van der Waals surface area contributed by atoms with Gasteiger partial charge >= 0.3 is 0 Å². The Balaban J connectivity index is 2.12. The van der Waals surface area contributed by atoms with Crippen molar-refractivity contribution < 1.29 is 4.74 Å². The summed E-state index contributed by atoms with van der Waals surface area (Å²) in [6.07, 6.45) is 6.54. The normalized spacial score (nSPS) is 24.9. The molecular formula is C9H16O. The number of unbranched alkanes of at least 4 members (excludes halogenated alkanes) is 1. The molecule has 10 heavy (non-hydrogen) atoms. The first-order valence-corrected chi connectivity index (χ1v) is 4.17. The van der Waals surface area contributed by atoms with Crippen LogP contribution in [0.2, 0.25) is 0 Å². The summed E-state index contributed by atoms with van der Waals surface area (Å²) in [6.45, 7) is 6.00. The Bertz CT molecular complexity index is 118. The van der Waals surface area contributed by atoms with E-state index in [4.69, 9.17) is 4.74 Å². The molecule has 0 spiro atoms. The first-order chi connectivity index (χ1) is 4.83. The molecule has 1 aliphatic heterocycles. The van der Waals surface area contributed by atoms with Gasteiger partial charge in [-0.1, -0.05) is 26.3 Å². The van der Waals surface area contributed by atoms with Crippen LogP contribution in [0.4, 0.5) is 0 Å². The third kappa shape index (κ3) is 2.05. The second kappa shape index (κ2) is 3.65. The Morgan fingerprint density at radius 1 is 1.70 bits per heavy atom. The van der Waals surface area contributed by atoms with E-state index >= 15 is 0 Å². The minimum Gasteiger partial charge on any atom is -0.495 e. The van der Waals surface area contributed by atoms with E-state index in [1.807, 2.05) is 0 Å². The molecule has 0 N–H and O–H groups in total. The lowest BCUT2D eigenvalue weighted by Crippen LogP contribution is -2.02. The van der Waals surface area contributed by atoms with Crippen molar-refractivity contribution in [3.63, 3.8) is 0 Å². The average molecular weight is 140 g/mol.